The topological polar surface area (TPSA) is 21.3 Å². The van der Waals surface area contributed by atoms with Crippen molar-refractivity contribution in [2.75, 3.05) is 12.4 Å². The lowest BCUT2D eigenvalue weighted by atomic mass is 10.2. The van der Waals surface area contributed by atoms with Crippen LogP contribution >= 0.6 is 15.9 Å². The SMILES string of the molecule is COc1cc(N[C@H](C)C2CC2)ccc1Br. The number of halogens is 1. The third-order valence-electron chi connectivity index (χ3n) is 2.87. The largest absolute Gasteiger partial charge is 0.495 e. The number of benzene rings is 1. The summed E-state index contributed by atoms with van der Waals surface area (Å²) >= 11 is 3.45. The van der Waals surface area contributed by atoms with Crippen LogP contribution in [-0.2, 0) is 0 Å². The van der Waals surface area contributed by atoms with E-state index in [9.17, 15) is 0 Å². The van der Waals surface area contributed by atoms with Crippen molar-refractivity contribution in [3.63, 3.8) is 0 Å². The number of rotatable bonds is 4. The second-order valence-corrected chi connectivity index (χ2v) is 4.97. The molecule has 0 spiro atoms. The van der Waals surface area contributed by atoms with Gasteiger partial charge in [-0.2, -0.15) is 0 Å². The summed E-state index contributed by atoms with van der Waals surface area (Å²) in [6.45, 7) is 2.24. The number of hydrogen-bond donors (Lipinski definition) is 1. The Morgan fingerprint density at radius 2 is 2.20 bits per heavy atom. The molecule has 0 amide bonds. The van der Waals surface area contributed by atoms with Crippen molar-refractivity contribution in [2.45, 2.75) is 25.8 Å². The van der Waals surface area contributed by atoms with E-state index in [4.69, 9.17) is 4.74 Å². The van der Waals surface area contributed by atoms with Crippen LogP contribution in [0.3, 0.4) is 0 Å². The minimum Gasteiger partial charge on any atom is -0.495 e. The quantitative estimate of drug-likeness (QED) is 0.901. The van der Waals surface area contributed by atoms with Gasteiger partial charge in [0.05, 0.1) is 11.6 Å². The summed E-state index contributed by atoms with van der Waals surface area (Å²) in [6, 6.07) is 6.69. The molecule has 0 unspecified atom stereocenters. The third-order valence-corrected chi connectivity index (χ3v) is 3.53. The van der Waals surface area contributed by atoms with E-state index in [-0.39, 0.29) is 0 Å². The molecule has 1 aromatic carbocycles. The van der Waals surface area contributed by atoms with Gasteiger partial charge in [-0.25, -0.2) is 0 Å². The fourth-order valence-corrected chi connectivity index (χ4v) is 2.14. The molecule has 82 valence electrons. The summed E-state index contributed by atoms with van der Waals surface area (Å²) in [5.41, 5.74) is 1.13. The summed E-state index contributed by atoms with van der Waals surface area (Å²) in [7, 11) is 1.69. The maximum atomic E-state index is 5.26. The lowest BCUT2D eigenvalue weighted by molar-refractivity contribution is 0.412. The number of anilines is 1. The molecule has 0 aliphatic heterocycles. The minimum absolute atomic E-state index is 0.566. The molecule has 2 rings (SSSR count). The van der Waals surface area contributed by atoms with E-state index in [1.807, 2.05) is 12.1 Å². The van der Waals surface area contributed by atoms with Crippen LogP contribution in [0.4, 0.5) is 5.69 Å². The van der Waals surface area contributed by atoms with Crippen molar-refractivity contribution >= 4 is 21.6 Å². The molecule has 1 N–H and O–H groups in total. The van der Waals surface area contributed by atoms with Crippen LogP contribution in [0.2, 0.25) is 0 Å². The molecule has 15 heavy (non-hydrogen) atoms. The van der Waals surface area contributed by atoms with Crippen molar-refractivity contribution in [3.05, 3.63) is 22.7 Å². The number of hydrogen-bond acceptors (Lipinski definition) is 2. The molecular formula is C12H16BrNO. The predicted molar refractivity (Wildman–Crippen MR) is 66.5 cm³/mol. The van der Waals surface area contributed by atoms with Crippen LogP contribution in [0.5, 0.6) is 5.75 Å². The fourth-order valence-electron chi connectivity index (χ4n) is 1.73. The van der Waals surface area contributed by atoms with Crippen molar-refractivity contribution in [1.82, 2.24) is 0 Å². The van der Waals surface area contributed by atoms with Crippen LogP contribution in [-0.4, -0.2) is 13.2 Å². The maximum absolute atomic E-state index is 5.26. The molecule has 2 nitrogen and oxygen atoms in total. The van der Waals surface area contributed by atoms with E-state index in [0.29, 0.717) is 6.04 Å². The van der Waals surface area contributed by atoms with Crippen molar-refractivity contribution in [3.8, 4) is 5.75 Å². The zero-order valence-electron chi connectivity index (χ0n) is 9.09. The van der Waals surface area contributed by atoms with E-state index >= 15 is 0 Å². The van der Waals surface area contributed by atoms with E-state index in [1.165, 1.54) is 12.8 Å². The van der Waals surface area contributed by atoms with Gasteiger partial charge in [-0.1, -0.05) is 0 Å². The molecule has 0 radical (unpaired) electrons. The highest BCUT2D eigenvalue weighted by molar-refractivity contribution is 9.10. The van der Waals surface area contributed by atoms with E-state index in [0.717, 1.165) is 21.8 Å². The predicted octanol–water partition coefficient (Wildman–Crippen LogP) is 3.67. The van der Waals surface area contributed by atoms with Gasteiger partial charge in [-0.15, -0.1) is 0 Å². The smallest absolute Gasteiger partial charge is 0.135 e. The van der Waals surface area contributed by atoms with E-state index in [2.05, 4.69) is 34.2 Å². The summed E-state index contributed by atoms with van der Waals surface area (Å²) in [4.78, 5) is 0. The Morgan fingerprint density at radius 3 is 2.80 bits per heavy atom. The monoisotopic (exact) mass is 269 g/mol. The molecule has 0 aromatic heterocycles. The zero-order chi connectivity index (χ0) is 10.8. The summed E-state index contributed by atoms with van der Waals surface area (Å²) in [6.07, 6.45) is 2.73. The fraction of sp³-hybridized carbons (Fsp3) is 0.500. The molecule has 1 aliphatic carbocycles. The van der Waals surface area contributed by atoms with Crippen LogP contribution < -0.4 is 10.1 Å². The Morgan fingerprint density at radius 1 is 1.47 bits per heavy atom. The zero-order valence-corrected chi connectivity index (χ0v) is 10.7. The van der Waals surface area contributed by atoms with Gasteiger partial charge < -0.3 is 10.1 Å². The highest BCUT2D eigenvalue weighted by Gasteiger charge is 2.27. The van der Waals surface area contributed by atoms with Gasteiger partial charge in [0.15, 0.2) is 0 Å². The van der Waals surface area contributed by atoms with Gasteiger partial charge in [0.1, 0.15) is 5.75 Å². The minimum atomic E-state index is 0.566. The highest BCUT2D eigenvalue weighted by Crippen LogP contribution is 2.35. The maximum Gasteiger partial charge on any atom is 0.135 e. The van der Waals surface area contributed by atoms with Gasteiger partial charge in [0.25, 0.3) is 0 Å². The van der Waals surface area contributed by atoms with Gasteiger partial charge >= 0.3 is 0 Å². The average Bonchev–Trinajstić information content (AvgIpc) is 3.04. The van der Waals surface area contributed by atoms with Gasteiger partial charge in [-0.05, 0) is 53.7 Å². The Kier molecular flexibility index (Phi) is 3.19. The second-order valence-electron chi connectivity index (χ2n) is 4.12. The molecule has 0 bridgehead atoms. The van der Waals surface area contributed by atoms with E-state index < -0.39 is 0 Å². The third kappa shape index (κ3) is 2.65. The normalized spacial score (nSPS) is 17.3. The Hall–Kier alpha value is -0.700. The molecular weight excluding hydrogens is 254 g/mol. The first-order valence-corrected chi connectivity index (χ1v) is 6.10. The molecule has 1 fully saturated rings. The lowest BCUT2D eigenvalue weighted by Crippen LogP contribution is -2.17. The summed E-state index contributed by atoms with van der Waals surface area (Å²) in [5.74, 6) is 1.74. The molecule has 1 atom stereocenters. The molecule has 3 heteroatoms. The first-order valence-electron chi connectivity index (χ1n) is 5.31. The molecule has 1 aliphatic rings. The number of ether oxygens (including phenoxy) is 1. The number of nitrogens with one attached hydrogen (secondary N) is 1. The van der Waals surface area contributed by atoms with Gasteiger partial charge in [0.2, 0.25) is 0 Å². The highest BCUT2D eigenvalue weighted by atomic mass is 79.9. The van der Waals surface area contributed by atoms with Gasteiger partial charge in [0, 0.05) is 17.8 Å². The van der Waals surface area contributed by atoms with Crippen molar-refractivity contribution in [1.29, 1.82) is 0 Å². The summed E-state index contributed by atoms with van der Waals surface area (Å²) in [5, 5.41) is 3.50. The molecule has 1 saturated carbocycles. The molecule has 0 saturated heterocycles. The molecule has 1 aromatic rings. The lowest BCUT2D eigenvalue weighted by Gasteiger charge is -2.15. The van der Waals surface area contributed by atoms with E-state index in [1.54, 1.807) is 7.11 Å². The number of methoxy groups -OCH3 is 1. The first kappa shape index (κ1) is 10.8. The van der Waals surface area contributed by atoms with Crippen LogP contribution in [0.1, 0.15) is 19.8 Å². The molecule has 0 heterocycles. The van der Waals surface area contributed by atoms with Gasteiger partial charge in [-0.3, -0.25) is 0 Å². The standard InChI is InChI=1S/C12H16BrNO/c1-8(9-3-4-9)14-10-5-6-11(13)12(7-10)15-2/h5-9,14H,3-4H2,1-2H3/t8-/m1/s1. The first-order chi connectivity index (χ1) is 7.20. The average molecular weight is 270 g/mol. The summed E-state index contributed by atoms with van der Waals surface area (Å²) < 4.78 is 6.25. The Labute approximate surface area is 99.1 Å². The van der Waals surface area contributed by atoms with Crippen LogP contribution in [0.25, 0.3) is 0 Å². The van der Waals surface area contributed by atoms with Crippen molar-refractivity contribution in [2.24, 2.45) is 5.92 Å². The van der Waals surface area contributed by atoms with Crippen LogP contribution in [0, 0.1) is 5.92 Å². The van der Waals surface area contributed by atoms with Crippen LogP contribution in [0.15, 0.2) is 22.7 Å². The second kappa shape index (κ2) is 4.44. The Bertz CT molecular complexity index is 349. The van der Waals surface area contributed by atoms with Crippen molar-refractivity contribution < 1.29 is 4.74 Å². The Balaban J connectivity index is 2.07.